The van der Waals surface area contributed by atoms with Crippen molar-refractivity contribution in [3.8, 4) is 11.3 Å². The molecule has 194 valence electrons. The van der Waals surface area contributed by atoms with E-state index < -0.39 is 0 Å². The number of thiazole rings is 1. The molecular weight excluding hydrogens is 508 g/mol. The number of hydrogen-bond acceptors (Lipinski definition) is 7. The Hall–Kier alpha value is -2.49. The fourth-order valence-corrected chi connectivity index (χ4v) is 8.03. The highest BCUT2D eigenvalue weighted by Crippen LogP contribution is 2.45. The lowest BCUT2D eigenvalue weighted by atomic mass is 9.87. The topological polar surface area (TPSA) is 78.1 Å². The summed E-state index contributed by atoms with van der Waals surface area (Å²) < 4.78 is 10.6. The van der Waals surface area contributed by atoms with Gasteiger partial charge in [0, 0.05) is 31.3 Å². The van der Waals surface area contributed by atoms with Crippen LogP contribution in [0.2, 0.25) is 5.02 Å². The van der Waals surface area contributed by atoms with Gasteiger partial charge in [-0.1, -0.05) is 24.9 Å². The maximum atomic E-state index is 14.1. The summed E-state index contributed by atoms with van der Waals surface area (Å²) in [6.07, 6.45) is 7.35. The van der Waals surface area contributed by atoms with Crippen molar-refractivity contribution in [2.75, 3.05) is 11.5 Å². The van der Waals surface area contributed by atoms with Gasteiger partial charge in [-0.05, 0) is 63.5 Å². The Bertz CT molecular complexity index is 1590. The van der Waals surface area contributed by atoms with E-state index in [-0.39, 0.29) is 11.8 Å². The SMILES string of the molecule is CC[C@@H]1C[C@@H]2CC[C@H]1N2c1nc2c(c(-c3ccc4nc(C)sc4c3Cl)nn2C2CCCCO2)c(=O)n1C. The number of benzene rings is 1. The first-order valence-electron chi connectivity index (χ1n) is 13.4. The monoisotopic (exact) mass is 538 g/mol. The summed E-state index contributed by atoms with van der Waals surface area (Å²) in [6, 6.07) is 4.77. The number of aryl methyl sites for hydroxylation is 1. The Balaban J connectivity index is 1.47. The lowest BCUT2D eigenvalue weighted by Gasteiger charge is -2.27. The van der Waals surface area contributed by atoms with Gasteiger partial charge in [0.15, 0.2) is 11.9 Å². The zero-order chi connectivity index (χ0) is 25.4. The standard InChI is InChI=1S/C27H31ClN6O2S/c1-4-15-13-16-8-11-19(15)33(16)27-30-25-21(26(35)32(27)3)23(31-34(25)20-7-5-6-12-36-20)17-9-10-18-24(22(17)28)37-14(2)29-18/h9-10,15-16,19-20H,4-8,11-13H2,1-3H3/t15-,16+,19-,20?/m1/s1. The van der Waals surface area contributed by atoms with E-state index in [9.17, 15) is 4.79 Å². The number of rotatable bonds is 4. The Labute approximate surface area is 224 Å². The highest BCUT2D eigenvalue weighted by molar-refractivity contribution is 7.19. The lowest BCUT2D eigenvalue weighted by Crippen LogP contribution is -2.36. The Kier molecular flexibility index (Phi) is 5.60. The summed E-state index contributed by atoms with van der Waals surface area (Å²) >= 11 is 8.50. The van der Waals surface area contributed by atoms with Crippen LogP contribution in [0.15, 0.2) is 16.9 Å². The Morgan fingerprint density at radius 1 is 1.19 bits per heavy atom. The van der Waals surface area contributed by atoms with Gasteiger partial charge < -0.3 is 9.64 Å². The van der Waals surface area contributed by atoms with Gasteiger partial charge in [0.1, 0.15) is 11.1 Å². The van der Waals surface area contributed by atoms with E-state index in [1.54, 1.807) is 15.9 Å². The van der Waals surface area contributed by atoms with Crippen LogP contribution in [0.4, 0.5) is 5.95 Å². The van der Waals surface area contributed by atoms with Gasteiger partial charge in [0.05, 0.1) is 20.2 Å². The summed E-state index contributed by atoms with van der Waals surface area (Å²) in [7, 11) is 1.85. The quantitative estimate of drug-likeness (QED) is 0.325. The van der Waals surface area contributed by atoms with Gasteiger partial charge in [-0.25, -0.2) is 9.67 Å². The van der Waals surface area contributed by atoms with Crippen molar-refractivity contribution in [3.05, 3.63) is 32.5 Å². The molecule has 37 heavy (non-hydrogen) atoms. The number of aromatic nitrogens is 5. The average molecular weight is 539 g/mol. The van der Waals surface area contributed by atoms with Gasteiger partial charge in [0.25, 0.3) is 5.56 Å². The van der Waals surface area contributed by atoms with Crippen LogP contribution in [0.1, 0.15) is 63.1 Å². The van der Waals surface area contributed by atoms with E-state index in [1.807, 2.05) is 30.8 Å². The molecular formula is C27H31ClN6O2S. The number of hydrogen-bond donors (Lipinski definition) is 0. The molecule has 3 fully saturated rings. The molecule has 0 saturated carbocycles. The second kappa shape index (κ2) is 8.78. The van der Waals surface area contributed by atoms with Crippen molar-refractivity contribution in [3.63, 3.8) is 0 Å². The smallest absolute Gasteiger partial charge is 0.266 e. The molecule has 0 N–H and O–H groups in total. The predicted octanol–water partition coefficient (Wildman–Crippen LogP) is 5.83. The molecule has 0 amide bonds. The maximum absolute atomic E-state index is 14.1. The molecule has 0 spiro atoms. The van der Waals surface area contributed by atoms with Gasteiger partial charge in [-0.3, -0.25) is 9.36 Å². The molecule has 3 aliphatic heterocycles. The summed E-state index contributed by atoms with van der Waals surface area (Å²) in [5, 5.41) is 7.04. The zero-order valence-corrected chi connectivity index (χ0v) is 23.0. The van der Waals surface area contributed by atoms with Crippen LogP contribution in [0.25, 0.3) is 32.5 Å². The highest BCUT2D eigenvalue weighted by Gasteiger charge is 2.47. The number of ether oxygens (including phenoxy) is 1. The second-order valence-electron chi connectivity index (χ2n) is 10.7. The molecule has 4 aromatic rings. The Morgan fingerprint density at radius 3 is 2.81 bits per heavy atom. The molecule has 4 atom stereocenters. The fraction of sp³-hybridized carbons (Fsp3) is 0.556. The molecule has 6 heterocycles. The van der Waals surface area contributed by atoms with E-state index in [0.29, 0.717) is 46.4 Å². The highest BCUT2D eigenvalue weighted by atomic mass is 35.5. The predicted molar refractivity (Wildman–Crippen MR) is 148 cm³/mol. The summed E-state index contributed by atoms with van der Waals surface area (Å²) in [4.78, 5) is 26.3. The molecule has 7 rings (SSSR count). The van der Waals surface area contributed by atoms with Crippen LogP contribution in [0.5, 0.6) is 0 Å². The minimum atomic E-state index is -0.246. The van der Waals surface area contributed by atoms with E-state index in [2.05, 4.69) is 16.8 Å². The third-order valence-electron chi connectivity index (χ3n) is 8.62. The third-order valence-corrected chi connectivity index (χ3v) is 10.1. The van der Waals surface area contributed by atoms with Crippen molar-refractivity contribution in [2.45, 2.75) is 77.1 Å². The van der Waals surface area contributed by atoms with Crippen LogP contribution in [-0.4, -0.2) is 43.0 Å². The minimum absolute atomic E-state index is 0.0898. The first kappa shape index (κ1) is 23.6. The van der Waals surface area contributed by atoms with Gasteiger partial charge in [0.2, 0.25) is 5.95 Å². The van der Waals surface area contributed by atoms with Gasteiger partial charge >= 0.3 is 0 Å². The number of nitrogens with zero attached hydrogens (tertiary/aromatic N) is 6. The van der Waals surface area contributed by atoms with Crippen molar-refractivity contribution < 1.29 is 4.74 Å². The van der Waals surface area contributed by atoms with Crippen LogP contribution < -0.4 is 10.5 Å². The molecule has 10 heteroatoms. The Morgan fingerprint density at radius 2 is 2.05 bits per heavy atom. The van der Waals surface area contributed by atoms with E-state index in [1.165, 1.54) is 6.42 Å². The van der Waals surface area contributed by atoms with E-state index in [0.717, 1.165) is 65.3 Å². The molecule has 3 aliphatic rings. The van der Waals surface area contributed by atoms with Crippen LogP contribution in [-0.2, 0) is 11.8 Å². The van der Waals surface area contributed by atoms with E-state index in [4.69, 9.17) is 26.4 Å². The zero-order valence-electron chi connectivity index (χ0n) is 21.4. The van der Waals surface area contributed by atoms with Crippen LogP contribution in [0.3, 0.4) is 0 Å². The minimum Gasteiger partial charge on any atom is -0.356 e. The normalized spacial score (nSPS) is 25.7. The van der Waals surface area contributed by atoms with Crippen LogP contribution in [0, 0.1) is 12.8 Å². The number of anilines is 1. The third kappa shape index (κ3) is 3.50. The molecule has 1 unspecified atom stereocenters. The van der Waals surface area contributed by atoms with Crippen molar-refractivity contribution in [1.29, 1.82) is 0 Å². The molecule has 0 aliphatic carbocycles. The summed E-state index contributed by atoms with van der Waals surface area (Å²) in [6.45, 7) is 4.92. The number of fused-ring (bicyclic) bond motifs is 4. The first-order valence-corrected chi connectivity index (χ1v) is 14.6. The summed E-state index contributed by atoms with van der Waals surface area (Å²) in [5.41, 5.74) is 2.66. The van der Waals surface area contributed by atoms with E-state index >= 15 is 0 Å². The van der Waals surface area contributed by atoms with Gasteiger partial charge in [-0.2, -0.15) is 10.1 Å². The van der Waals surface area contributed by atoms with Crippen molar-refractivity contribution in [2.24, 2.45) is 13.0 Å². The fourth-order valence-electron chi connectivity index (χ4n) is 6.81. The second-order valence-corrected chi connectivity index (χ2v) is 12.3. The number of halogens is 1. The van der Waals surface area contributed by atoms with Gasteiger partial charge in [-0.15, -0.1) is 11.3 Å². The summed E-state index contributed by atoms with van der Waals surface area (Å²) in [5.74, 6) is 1.41. The first-order chi connectivity index (χ1) is 18.0. The van der Waals surface area contributed by atoms with Crippen LogP contribution >= 0.6 is 22.9 Å². The van der Waals surface area contributed by atoms with Crippen molar-refractivity contribution >= 4 is 50.1 Å². The molecule has 3 saturated heterocycles. The molecule has 2 bridgehead atoms. The molecule has 1 aromatic carbocycles. The largest absolute Gasteiger partial charge is 0.356 e. The maximum Gasteiger partial charge on any atom is 0.266 e. The molecule has 3 aromatic heterocycles. The molecule has 8 nitrogen and oxygen atoms in total. The molecule has 0 radical (unpaired) electrons. The lowest BCUT2D eigenvalue weighted by molar-refractivity contribution is -0.0368. The average Bonchev–Trinajstić information content (AvgIpc) is 3.67. The van der Waals surface area contributed by atoms with Crippen molar-refractivity contribution in [1.82, 2.24) is 24.3 Å².